The van der Waals surface area contributed by atoms with Crippen LogP contribution in [0.1, 0.15) is 11.1 Å². The Morgan fingerprint density at radius 1 is 1.10 bits per heavy atom. The lowest BCUT2D eigenvalue weighted by Gasteiger charge is -2.26. The number of aromatic nitrogens is 4. The molecule has 0 aliphatic carbocycles. The van der Waals surface area contributed by atoms with Gasteiger partial charge < -0.3 is 19.9 Å². The third kappa shape index (κ3) is 3.56. The highest BCUT2D eigenvalue weighted by atomic mass is 16.5. The van der Waals surface area contributed by atoms with Gasteiger partial charge in [-0.25, -0.2) is 9.97 Å². The molecular weight excluding hydrogens is 390 g/mol. The molecule has 1 fully saturated rings. The fourth-order valence-electron chi connectivity index (χ4n) is 3.84. The zero-order chi connectivity index (χ0) is 21.2. The number of nitrogens with one attached hydrogen (secondary N) is 2. The third-order valence-corrected chi connectivity index (χ3v) is 5.57. The second-order valence-corrected chi connectivity index (χ2v) is 7.39. The molecule has 0 radical (unpaired) electrons. The van der Waals surface area contributed by atoms with Gasteiger partial charge in [0.05, 0.1) is 24.5 Å². The summed E-state index contributed by atoms with van der Waals surface area (Å²) in [4.78, 5) is 18.7. The van der Waals surface area contributed by atoms with Gasteiger partial charge in [-0.1, -0.05) is 0 Å². The summed E-state index contributed by atoms with van der Waals surface area (Å²) in [5.41, 5.74) is 5.84. The molecule has 2 N–H and O–H groups in total. The summed E-state index contributed by atoms with van der Waals surface area (Å²) >= 11 is 0. The number of benzene rings is 1. The SMILES string of the molecule is Cc1c(Nc2c(C#N)cncc2-c2cnc(N3CCOCC3)nc2)ccc2[nH]ccc12. The van der Waals surface area contributed by atoms with Gasteiger partial charge >= 0.3 is 0 Å². The highest BCUT2D eigenvalue weighted by molar-refractivity contribution is 5.91. The van der Waals surface area contributed by atoms with Gasteiger partial charge in [0.1, 0.15) is 6.07 Å². The third-order valence-electron chi connectivity index (χ3n) is 5.57. The molecule has 154 valence electrons. The normalized spacial score (nSPS) is 13.9. The second kappa shape index (κ2) is 8.05. The number of pyridine rings is 1. The summed E-state index contributed by atoms with van der Waals surface area (Å²) in [6.07, 6.45) is 8.79. The lowest BCUT2D eigenvalue weighted by atomic mass is 10.0. The van der Waals surface area contributed by atoms with Gasteiger partial charge in [-0.05, 0) is 30.7 Å². The molecule has 3 aromatic heterocycles. The summed E-state index contributed by atoms with van der Waals surface area (Å²) < 4.78 is 5.40. The summed E-state index contributed by atoms with van der Waals surface area (Å²) in [5, 5.41) is 14.3. The molecule has 1 aliphatic heterocycles. The van der Waals surface area contributed by atoms with Crippen molar-refractivity contribution >= 4 is 28.2 Å². The second-order valence-electron chi connectivity index (χ2n) is 7.39. The van der Waals surface area contributed by atoms with E-state index in [1.54, 1.807) is 24.8 Å². The number of H-pyrrole nitrogens is 1. The van der Waals surface area contributed by atoms with Crippen molar-refractivity contribution in [2.24, 2.45) is 0 Å². The number of aromatic amines is 1. The maximum Gasteiger partial charge on any atom is 0.225 e. The molecule has 0 atom stereocenters. The minimum absolute atomic E-state index is 0.461. The van der Waals surface area contributed by atoms with Crippen molar-refractivity contribution < 1.29 is 4.74 Å². The predicted molar refractivity (Wildman–Crippen MR) is 119 cm³/mol. The van der Waals surface area contributed by atoms with Gasteiger partial charge in [-0.2, -0.15) is 5.26 Å². The van der Waals surface area contributed by atoms with Gasteiger partial charge in [-0.15, -0.1) is 0 Å². The first-order valence-corrected chi connectivity index (χ1v) is 10.1. The predicted octanol–water partition coefficient (Wildman–Crippen LogP) is 3.78. The maximum atomic E-state index is 9.71. The zero-order valence-corrected chi connectivity index (χ0v) is 17.1. The quantitative estimate of drug-likeness (QED) is 0.527. The van der Waals surface area contributed by atoms with E-state index < -0.39 is 0 Å². The van der Waals surface area contributed by atoms with Crippen LogP contribution < -0.4 is 10.2 Å². The minimum Gasteiger partial charge on any atom is -0.378 e. The van der Waals surface area contributed by atoms with Crippen molar-refractivity contribution in [1.82, 2.24) is 19.9 Å². The molecule has 5 rings (SSSR count). The van der Waals surface area contributed by atoms with E-state index in [1.807, 2.05) is 24.4 Å². The van der Waals surface area contributed by atoms with Crippen molar-refractivity contribution in [2.45, 2.75) is 6.92 Å². The zero-order valence-electron chi connectivity index (χ0n) is 17.1. The summed E-state index contributed by atoms with van der Waals surface area (Å²) in [6, 6.07) is 8.33. The fraction of sp³-hybridized carbons (Fsp3) is 0.217. The van der Waals surface area contributed by atoms with Crippen LogP contribution in [0.4, 0.5) is 17.3 Å². The first-order valence-electron chi connectivity index (χ1n) is 10.1. The van der Waals surface area contributed by atoms with Crippen molar-refractivity contribution in [1.29, 1.82) is 5.26 Å². The molecule has 1 aliphatic rings. The van der Waals surface area contributed by atoms with Gasteiger partial charge in [0, 0.05) is 71.8 Å². The van der Waals surface area contributed by atoms with Crippen LogP contribution >= 0.6 is 0 Å². The van der Waals surface area contributed by atoms with E-state index in [4.69, 9.17) is 4.74 Å². The smallest absolute Gasteiger partial charge is 0.225 e. The molecule has 1 saturated heterocycles. The largest absolute Gasteiger partial charge is 0.378 e. The number of nitriles is 1. The van der Waals surface area contributed by atoms with Crippen LogP contribution in [0.5, 0.6) is 0 Å². The van der Waals surface area contributed by atoms with E-state index in [9.17, 15) is 5.26 Å². The number of hydrogen-bond acceptors (Lipinski definition) is 7. The molecule has 4 heterocycles. The molecule has 0 bridgehead atoms. The first kappa shape index (κ1) is 19.0. The number of rotatable bonds is 4. The van der Waals surface area contributed by atoms with Crippen molar-refractivity contribution in [3.8, 4) is 17.2 Å². The number of fused-ring (bicyclic) bond motifs is 1. The maximum absolute atomic E-state index is 9.71. The van der Waals surface area contributed by atoms with Crippen molar-refractivity contribution in [3.05, 3.63) is 60.3 Å². The number of anilines is 3. The number of hydrogen-bond donors (Lipinski definition) is 2. The van der Waals surface area contributed by atoms with Gasteiger partial charge in [-0.3, -0.25) is 4.98 Å². The Kier molecular flexibility index (Phi) is 4.94. The molecular formula is C23H21N7O. The van der Waals surface area contributed by atoms with E-state index in [2.05, 4.69) is 43.1 Å². The van der Waals surface area contributed by atoms with Crippen LogP contribution in [0.15, 0.2) is 49.2 Å². The topological polar surface area (TPSA) is 103 Å². The highest BCUT2D eigenvalue weighted by Gasteiger charge is 2.17. The Balaban J connectivity index is 1.52. The lowest BCUT2D eigenvalue weighted by Crippen LogP contribution is -2.37. The Bertz CT molecular complexity index is 1270. The molecule has 8 nitrogen and oxygen atoms in total. The molecule has 31 heavy (non-hydrogen) atoms. The molecule has 1 aromatic carbocycles. The molecule has 0 saturated carbocycles. The molecule has 4 aromatic rings. The van der Waals surface area contributed by atoms with Crippen LogP contribution in [-0.2, 0) is 4.74 Å². The summed E-state index contributed by atoms with van der Waals surface area (Å²) in [5.74, 6) is 0.680. The van der Waals surface area contributed by atoms with Crippen LogP contribution in [0.3, 0.4) is 0 Å². The highest BCUT2D eigenvalue weighted by Crippen LogP contribution is 2.34. The number of ether oxygens (including phenoxy) is 1. The van der Waals surface area contributed by atoms with Crippen LogP contribution in [0, 0.1) is 18.3 Å². The summed E-state index contributed by atoms with van der Waals surface area (Å²) in [6.45, 7) is 4.97. The number of nitrogens with zero attached hydrogens (tertiary/aromatic N) is 5. The average molecular weight is 411 g/mol. The fourth-order valence-corrected chi connectivity index (χ4v) is 3.84. The standard InChI is InChI=1S/C23H21N7O/c1-15-18-4-5-26-21(18)3-2-20(15)29-22-16(10-24)11-25-14-19(22)17-12-27-23(28-13-17)30-6-8-31-9-7-30/h2-5,11-14,26H,6-9H2,1H3,(H,25,29). The Labute approximate surface area is 179 Å². The molecule has 0 spiro atoms. The van der Waals surface area contributed by atoms with E-state index in [-0.39, 0.29) is 0 Å². The van der Waals surface area contributed by atoms with E-state index in [0.29, 0.717) is 30.4 Å². The Morgan fingerprint density at radius 2 is 1.90 bits per heavy atom. The van der Waals surface area contributed by atoms with Gasteiger partial charge in [0.2, 0.25) is 5.95 Å². The molecule has 0 unspecified atom stereocenters. The number of morpholine rings is 1. The summed E-state index contributed by atoms with van der Waals surface area (Å²) in [7, 11) is 0. The van der Waals surface area contributed by atoms with Gasteiger partial charge in [0.15, 0.2) is 0 Å². The Hall–Kier alpha value is -3.96. The van der Waals surface area contributed by atoms with E-state index in [1.165, 1.54) is 0 Å². The van der Waals surface area contributed by atoms with Crippen LogP contribution in [0.25, 0.3) is 22.0 Å². The minimum atomic E-state index is 0.461. The average Bonchev–Trinajstić information content (AvgIpc) is 3.31. The van der Waals surface area contributed by atoms with Crippen LogP contribution in [-0.4, -0.2) is 46.2 Å². The van der Waals surface area contributed by atoms with Gasteiger partial charge in [0.25, 0.3) is 0 Å². The van der Waals surface area contributed by atoms with E-state index in [0.717, 1.165) is 46.4 Å². The van der Waals surface area contributed by atoms with Crippen LogP contribution in [0.2, 0.25) is 0 Å². The number of aryl methyl sites for hydroxylation is 1. The Morgan fingerprint density at radius 3 is 2.68 bits per heavy atom. The first-order chi connectivity index (χ1) is 15.2. The molecule has 0 amide bonds. The lowest BCUT2D eigenvalue weighted by molar-refractivity contribution is 0.122. The molecule has 8 heteroatoms. The monoisotopic (exact) mass is 411 g/mol. The van der Waals surface area contributed by atoms with E-state index >= 15 is 0 Å². The van der Waals surface area contributed by atoms with Crippen molar-refractivity contribution in [2.75, 3.05) is 36.5 Å². The van der Waals surface area contributed by atoms with Crippen molar-refractivity contribution in [3.63, 3.8) is 0 Å².